The smallest absolute Gasteiger partial charge is 0.303 e. The quantitative estimate of drug-likeness (QED) is 0.669. The summed E-state index contributed by atoms with van der Waals surface area (Å²) in [6.45, 7) is 0.472. The first kappa shape index (κ1) is 15.4. The van der Waals surface area contributed by atoms with Crippen LogP contribution in [0, 0.1) is 5.41 Å². The van der Waals surface area contributed by atoms with E-state index in [2.05, 4.69) is 5.32 Å². The zero-order chi connectivity index (χ0) is 15.3. The molecule has 4 N–H and O–H groups in total. The Morgan fingerprint density at radius 1 is 1.24 bits per heavy atom. The second kappa shape index (κ2) is 6.61. The lowest BCUT2D eigenvalue weighted by Gasteiger charge is -2.40. The van der Waals surface area contributed by atoms with Crippen molar-refractivity contribution in [2.24, 2.45) is 5.41 Å². The van der Waals surface area contributed by atoms with Crippen LogP contribution in [0.5, 0.6) is 0 Å². The predicted molar refractivity (Wildman–Crippen MR) is 80.7 cm³/mol. The van der Waals surface area contributed by atoms with Gasteiger partial charge in [0.1, 0.15) is 0 Å². The van der Waals surface area contributed by atoms with E-state index >= 15 is 0 Å². The average Bonchev–Trinajstić information content (AvgIpc) is 2.40. The number of aliphatic carboxylic acids is 1. The molecule has 1 aliphatic rings. The number of aryl methyl sites for hydroxylation is 1. The maximum absolute atomic E-state index is 11.9. The molecule has 1 saturated carbocycles. The summed E-state index contributed by atoms with van der Waals surface area (Å²) in [6, 6.07) is 7.48. The van der Waals surface area contributed by atoms with E-state index in [1.165, 1.54) is 0 Å². The van der Waals surface area contributed by atoms with E-state index < -0.39 is 5.97 Å². The van der Waals surface area contributed by atoms with Gasteiger partial charge in [0, 0.05) is 18.7 Å². The highest BCUT2D eigenvalue weighted by atomic mass is 16.4. The number of nitrogens with two attached hydrogens (primary N) is 1. The van der Waals surface area contributed by atoms with Crippen molar-refractivity contribution in [1.29, 1.82) is 0 Å². The molecule has 0 heterocycles. The van der Waals surface area contributed by atoms with Crippen molar-refractivity contribution < 1.29 is 14.7 Å². The zero-order valence-corrected chi connectivity index (χ0v) is 12.1. The second-order valence-electron chi connectivity index (χ2n) is 5.94. The fraction of sp³-hybridized carbons (Fsp3) is 0.500. The van der Waals surface area contributed by atoms with Gasteiger partial charge in [0.05, 0.1) is 6.42 Å². The molecule has 0 saturated heterocycles. The van der Waals surface area contributed by atoms with Crippen molar-refractivity contribution in [2.75, 3.05) is 12.3 Å². The van der Waals surface area contributed by atoms with Crippen LogP contribution in [-0.4, -0.2) is 23.5 Å². The van der Waals surface area contributed by atoms with Gasteiger partial charge in [-0.05, 0) is 42.4 Å². The van der Waals surface area contributed by atoms with E-state index in [-0.39, 0.29) is 17.7 Å². The van der Waals surface area contributed by atoms with Crippen molar-refractivity contribution in [3.05, 3.63) is 29.8 Å². The van der Waals surface area contributed by atoms with Gasteiger partial charge in [-0.1, -0.05) is 18.6 Å². The van der Waals surface area contributed by atoms with Gasteiger partial charge in [0.25, 0.3) is 0 Å². The molecule has 1 amide bonds. The van der Waals surface area contributed by atoms with E-state index in [4.69, 9.17) is 10.8 Å². The molecule has 2 rings (SSSR count). The van der Waals surface area contributed by atoms with Crippen molar-refractivity contribution >= 4 is 17.6 Å². The maximum Gasteiger partial charge on any atom is 0.303 e. The van der Waals surface area contributed by atoms with E-state index in [0.29, 0.717) is 25.1 Å². The van der Waals surface area contributed by atoms with Crippen LogP contribution in [0.25, 0.3) is 0 Å². The van der Waals surface area contributed by atoms with Crippen LogP contribution in [-0.2, 0) is 16.0 Å². The highest BCUT2D eigenvalue weighted by Crippen LogP contribution is 2.43. The number of carboxylic acids is 1. The molecule has 0 aliphatic heterocycles. The molecule has 5 heteroatoms. The van der Waals surface area contributed by atoms with Gasteiger partial charge in [-0.25, -0.2) is 0 Å². The van der Waals surface area contributed by atoms with Gasteiger partial charge in [0.15, 0.2) is 0 Å². The first-order chi connectivity index (χ1) is 9.99. The zero-order valence-electron chi connectivity index (χ0n) is 12.1. The minimum absolute atomic E-state index is 0.0245. The monoisotopic (exact) mass is 290 g/mol. The number of carbonyl (C=O) groups is 2. The Kier molecular flexibility index (Phi) is 4.83. The van der Waals surface area contributed by atoms with Crippen molar-refractivity contribution in [1.82, 2.24) is 5.32 Å². The molecule has 1 aliphatic carbocycles. The molecule has 0 bridgehead atoms. The predicted octanol–water partition coefficient (Wildman–Crippen LogP) is 1.96. The SMILES string of the molecule is Nc1ccc(CCC(=O)NCC2(CC(=O)O)CCC2)cc1. The van der Waals surface area contributed by atoms with Crippen LogP contribution < -0.4 is 11.1 Å². The highest BCUT2D eigenvalue weighted by molar-refractivity contribution is 5.76. The maximum atomic E-state index is 11.9. The normalized spacial score (nSPS) is 16.0. The summed E-state index contributed by atoms with van der Waals surface area (Å²) in [6.07, 6.45) is 4.04. The summed E-state index contributed by atoms with van der Waals surface area (Å²) in [5, 5.41) is 11.8. The van der Waals surface area contributed by atoms with E-state index in [1.54, 1.807) is 0 Å². The van der Waals surface area contributed by atoms with Crippen LogP contribution in [0.4, 0.5) is 5.69 Å². The van der Waals surface area contributed by atoms with Crippen LogP contribution in [0.2, 0.25) is 0 Å². The minimum atomic E-state index is -0.786. The van der Waals surface area contributed by atoms with Gasteiger partial charge in [-0.15, -0.1) is 0 Å². The first-order valence-electron chi connectivity index (χ1n) is 7.32. The molecule has 21 heavy (non-hydrogen) atoms. The van der Waals surface area contributed by atoms with Gasteiger partial charge in [-0.3, -0.25) is 9.59 Å². The van der Waals surface area contributed by atoms with E-state index in [1.807, 2.05) is 24.3 Å². The van der Waals surface area contributed by atoms with E-state index in [0.717, 1.165) is 24.8 Å². The standard InChI is InChI=1S/C16H22N2O3/c17-13-5-2-12(3-6-13)4-7-14(19)18-11-16(8-1-9-16)10-15(20)21/h2-3,5-6H,1,4,7-11,17H2,(H,18,19)(H,20,21). The minimum Gasteiger partial charge on any atom is -0.481 e. The largest absolute Gasteiger partial charge is 0.481 e. The molecule has 0 radical (unpaired) electrons. The third-order valence-corrected chi connectivity index (χ3v) is 4.22. The summed E-state index contributed by atoms with van der Waals surface area (Å²) in [5.74, 6) is -0.811. The third kappa shape index (κ3) is 4.48. The molecule has 5 nitrogen and oxygen atoms in total. The molecule has 0 unspecified atom stereocenters. The topological polar surface area (TPSA) is 92.4 Å². The molecule has 1 aromatic carbocycles. The summed E-state index contributed by atoms with van der Waals surface area (Å²) < 4.78 is 0. The number of hydrogen-bond acceptors (Lipinski definition) is 3. The van der Waals surface area contributed by atoms with Gasteiger partial charge < -0.3 is 16.2 Å². The second-order valence-corrected chi connectivity index (χ2v) is 5.94. The number of anilines is 1. The number of amides is 1. The average molecular weight is 290 g/mol. The summed E-state index contributed by atoms with van der Waals surface area (Å²) in [7, 11) is 0. The molecular formula is C16H22N2O3. The summed E-state index contributed by atoms with van der Waals surface area (Å²) in [4.78, 5) is 22.7. The summed E-state index contributed by atoms with van der Waals surface area (Å²) in [5.41, 5.74) is 7.18. The van der Waals surface area contributed by atoms with Gasteiger partial charge in [-0.2, -0.15) is 0 Å². The lowest BCUT2D eigenvalue weighted by Crippen LogP contribution is -2.43. The van der Waals surface area contributed by atoms with Crippen LogP contribution in [0.3, 0.4) is 0 Å². The fourth-order valence-electron chi connectivity index (χ4n) is 2.73. The Morgan fingerprint density at radius 3 is 2.43 bits per heavy atom. The van der Waals surface area contributed by atoms with E-state index in [9.17, 15) is 9.59 Å². The Labute approximate surface area is 124 Å². The number of benzene rings is 1. The fourth-order valence-corrected chi connectivity index (χ4v) is 2.73. The van der Waals surface area contributed by atoms with Gasteiger partial charge >= 0.3 is 5.97 Å². The van der Waals surface area contributed by atoms with Crippen molar-refractivity contribution in [3.63, 3.8) is 0 Å². The number of carbonyl (C=O) groups excluding carboxylic acids is 1. The summed E-state index contributed by atoms with van der Waals surface area (Å²) >= 11 is 0. The van der Waals surface area contributed by atoms with Crippen LogP contribution in [0.1, 0.15) is 37.7 Å². The third-order valence-electron chi connectivity index (χ3n) is 4.22. The Balaban J connectivity index is 1.74. The molecule has 0 aromatic heterocycles. The molecule has 0 atom stereocenters. The number of carboxylic acid groups (broad SMARTS) is 1. The number of hydrogen-bond donors (Lipinski definition) is 3. The molecule has 0 spiro atoms. The lowest BCUT2D eigenvalue weighted by molar-refractivity contribution is -0.141. The molecule has 1 fully saturated rings. The molecule has 1 aromatic rings. The highest BCUT2D eigenvalue weighted by Gasteiger charge is 2.39. The van der Waals surface area contributed by atoms with Crippen LogP contribution >= 0.6 is 0 Å². The van der Waals surface area contributed by atoms with Gasteiger partial charge in [0.2, 0.25) is 5.91 Å². The Bertz CT molecular complexity index is 507. The Hall–Kier alpha value is -2.04. The molecular weight excluding hydrogens is 268 g/mol. The van der Waals surface area contributed by atoms with Crippen LogP contribution in [0.15, 0.2) is 24.3 Å². The number of nitrogen functional groups attached to an aromatic ring is 1. The van der Waals surface area contributed by atoms with Crippen molar-refractivity contribution in [2.45, 2.75) is 38.5 Å². The first-order valence-corrected chi connectivity index (χ1v) is 7.32. The lowest BCUT2D eigenvalue weighted by atomic mass is 9.66. The Morgan fingerprint density at radius 2 is 1.90 bits per heavy atom. The number of rotatable bonds is 7. The van der Waals surface area contributed by atoms with Crippen molar-refractivity contribution in [3.8, 4) is 0 Å². The number of nitrogens with one attached hydrogen (secondary N) is 1. The molecule has 114 valence electrons.